The van der Waals surface area contributed by atoms with E-state index in [2.05, 4.69) is 5.32 Å². The zero-order chi connectivity index (χ0) is 10.7. The first-order chi connectivity index (χ1) is 7.16. The topological polar surface area (TPSA) is 55.4 Å². The lowest BCUT2D eigenvalue weighted by atomic mass is 10.0. The van der Waals surface area contributed by atoms with Crippen molar-refractivity contribution in [3.8, 4) is 0 Å². The van der Waals surface area contributed by atoms with E-state index in [4.69, 9.17) is 4.74 Å². The maximum atomic E-state index is 11.1. The molecule has 5 heteroatoms. The summed E-state index contributed by atoms with van der Waals surface area (Å²) in [5, 5.41) is 4.57. The van der Waals surface area contributed by atoms with Crippen LogP contribution in [0.2, 0.25) is 0 Å². The summed E-state index contributed by atoms with van der Waals surface area (Å²) in [5.41, 5.74) is 0. The quantitative estimate of drug-likeness (QED) is 0.759. The maximum absolute atomic E-state index is 11.1. The van der Waals surface area contributed by atoms with Gasteiger partial charge in [0.25, 0.3) is 0 Å². The highest BCUT2D eigenvalue weighted by molar-refractivity contribution is 7.94. The minimum atomic E-state index is -2.92. The third-order valence-electron chi connectivity index (χ3n) is 2.85. The van der Waals surface area contributed by atoms with Crippen LogP contribution in [0.4, 0.5) is 0 Å². The van der Waals surface area contributed by atoms with Gasteiger partial charge in [-0.05, 0) is 18.8 Å². The molecule has 0 spiro atoms. The third kappa shape index (κ3) is 3.29. The molecule has 0 radical (unpaired) electrons. The Labute approximate surface area is 90.6 Å². The zero-order valence-corrected chi connectivity index (χ0v) is 9.50. The lowest BCUT2D eigenvalue weighted by molar-refractivity contribution is 0.0545. The van der Waals surface area contributed by atoms with Gasteiger partial charge in [0.15, 0.2) is 9.84 Å². The van der Waals surface area contributed by atoms with Gasteiger partial charge in [0.1, 0.15) is 0 Å². The van der Waals surface area contributed by atoms with Crippen LogP contribution in [-0.2, 0) is 14.6 Å². The van der Waals surface area contributed by atoms with Crippen molar-refractivity contribution >= 4 is 9.84 Å². The van der Waals surface area contributed by atoms with Crippen molar-refractivity contribution in [3.05, 3.63) is 11.5 Å². The Morgan fingerprint density at radius 3 is 2.93 bits per heavy atom. The predicted molar refractivity (Wildman–Crippen MR) is 58.3 cm³/mol. The van der Waals surface area contributed by atoms with Gasteiger partial charge >= 0.3 is 0 Å². The van der Waals surface area contributed by atoms with E-state index in [1.54, 1.807) is 6.08 Å². The van der Waals surface area contributed by atoms with E-state index in [-0.39, 0.29) is 11.8 Å². The average Bonchev–Trinajstić information content (AvgIpc) is 2.57. The minimum absolute atomic E-state index is 0.00285. The Morgan fingerprint density at radius 2 is 2.33 bits per heavy atom. The van der Waals surface area contributed by atoms with Gasteiger partial charge in [0.05, 0.1) is 12.4 Å². The first-order valence-electron chi connectivity index (χ1n) is 5.38. The molecule has 2 rings (SSSR count). The van der Waals surface area contributed by atoms with Crippen molar-refractivity contribution in [3.63, 3.8) is 0 Å². The van der Waals surface area contributed by atoms with Crippen LogP contribution in [0.1, 0.15) is 12.8 Å². The normalized spacial score (nSPS) is 34.4. The van der Waals surface area contributed by atoms with Crippen LogP contribution in [0.15, 0.2) is 11.5 Å². The monoisotopic (exact) mass is 231 g/mol. The fourth-order valence-electron chi connectivity index (χ4n) is 1.99. The predicted octanol–water partition coefficient (Wildman–Crippen LogP) is 0.313. The Hall–Kier alpha value is -0.390. The molecule has 15 heavy (non-hydrogen) atoms. The fourth-order valence-corrected chi connectivity index (χ4v) is 3.26. The standard InChI is InChI=1S/C10H17NO3S/c12-15(13)5-3-10(8-15)11-6-9-2-1-4-14-7-9/h3,5,9-11H,1-2,4,6-8H2. The number of sulfone groups is 1. The molecule has 1 N–H and O–H groups in total. The van der Waals surface area contributed by atoms with Crippen molar-refractivity contribution in [2.45, 2.75) is 18.9 Å². The van der Waals surface area contributed by atoms with Crippen molar-refractivity contribution in [2.24, 2.45) is 5.92 Å². The highest BCUT2D eigenvalue weighted by Crippen LogP contribution is 2.14. The first-order valence-corrected chi connectivity index (χ1v) is 7.09. The van der Waals surface area contributed by atoms with Crippen molar-refractivity contribution < 1.29 is 13.2 Å². The van der Waals surface area contributed by atoms with Crippen LogP contribution in [0.25, 0.3) is 0 Å². The summed E-state index contributed by atoms with van der Waals surface area (Å²) >= 11 is 0. The lowest BCUT2D eigenvalue weighted by Gasteiger charge is -2.23. The molecule has 0 bridgehead atoms. The van der Waals surface area contributed by atoms with Gasteiger partial charge < -0.3 is 10.1 Å². The van der Waals surface area contributed by atoms with Gasteiger partial charge in [-0.1, -0.05) is 6.08 Å². The molecule has 0 saturated carbocycles. The number of nitrogens with one attached hydrogen (secondary N) is 1. The highest BCUT2D eigenvalue weighted by atomic mass is 32.2. The second kappa shape index (κ2) is 4.63. The van der Waals surface area contributed by atoms with E-state index in [9.17, 15) is 8.42 Å². The molecule has 2 heterocycles. The van der Waals surface area contributed by atoms with E-state index < -0.39 is 9.84 Å². The molecule has 2 unspecified atom stereocenters. The van der Waals surface area contributed by atoms with Crippen LogP contribution < -0.4 is 5.32 Å². The zero-order valence-electron chi connectivity index (χ0n) is 8.69. The molecule has 4 nitrogen and oxygen atoms in total. The van der Waals surface area contributed by atoms with Crippen LogP contribution in [0.5, 0.6) is 0 Å². The molecule has 1 fully saturated rings. The van der Waals surface area contributed by atoms with Crippen molar-refractivity contribution in [1.29, 1.82) is 0 Å². The molecule has 2 aliphatic heterocycles. The van der Waals surface area contributed by atoms with Gasteiger partial charge in [-0.2, -0.15) is 0 Å². The van der Waals surface area contributed by atoms with E-state index in [1.165, 1.54) is 11.8 Å². The van der Waals surface area contributed by atoms with E-state index in [0.717, 1.165) is 26.2 Å². The Morgan fingerprint density at radius 1 is 1.47 bits per heavy atom. The summed E-state index contributed by atoms with van der Waals surface area (Å²) in [6.07, 6.45) is 4.03. The number of ether oxygens (including phenoxy) is 1. The van der Waals surface area contributed by atoms with E-state index in [0.29, 0.717) is 5.92 Å². The SMILES string of the molecule is O=S1(=O)C=CC(NCC2CCCOC2)C1. The lowest BCUT2D eigenvalue weighted by Crippen LogP contribution is -2.36. The van der Waals surface area contributed by atoms with Gasteiger partial charge in [0, 0.05) is 24.6 Å². The van der Waals surface area contributed by atoms with Gasteiger partial charge in [-0.25, -0.2) is 8.42 Å². The van der Waals surface area contributed by atoms with E-state index in [1.807, 2.05) is 0 Å². The minimum Gasteiger partial charge on any atom is -0.381 e. The molecule has 0 aliphatic carbocycles. The molecule has 2 atom stereocenters. The summed E-state index contributed by atoms with van der Waals surface area (Å²) < 4.78 is 27.6. The molecule has 0 amide bonds. The van der Waals surface area contributed by atoms with Crippen LogP contribution in [-0.4, -0.2) is 40.0 Å². The van der Waals surface area contributed by atoms with E-state index >= 15 is 0 Å². The molecule has 0 aromatic rings. The largest absolute Gasteiger partial charge is 0.381 e. The van der Waals surface area contributed by atoms with Gasteiger partial charge in [0.2, 0.25) is 0 Å². The van der Waals surface area contributed by atoms with Crippen molar-refractivity contribution in [2.75, 3.05) is 25.5 Å². The Balaban J connectivity index is 1.72. The van der Waals surface area contributed by atoms with Crippen LogP contribution in [0.3, 0.4) is 0 Å². The molecular weight excluding hydrogens is 214 g/mol. The molecule has 2 aliphatic rings. The smallest absolute Gasteiger partial charge is 0.173 e. The molecule has 0 aromatic carbocycles. The van der Waals surface area contributed by atoms with Gasteiger partial charge in [-0.3, -0.25) is 0 Å². The summed E-state index contributed by atoms with van der Waals surface area (Å²) in [5.74, 6) is 0.746. The van der Waals surface area contributed by atoms with Gasteiger partial charge in [-0.15, -0.1) is 0 Å². The molecular formula is C10H17NO3S. The number of rotatable bonds is 3. The third-order valence-corrected chi connectivity index (χ3v) is 4.25. The Bertz CT molecular complexity index is 331. The number of hydrogen-bond donors (Lipinski definition) is 1. The summed E-state index contributed by atoms with van der Waals surface area (Å²) in [7, 11) is -2.92. The molecule has 86 valence electrons. The average molecular weight is 231 g/mol. The number of hydrogen-bond acceptors (Lipinski definition) is 4. The van der Waals surface area contributed by atoms with Crippen LogP contribution >= 0.6 is 0 Å². The summed E-state index contributed by atoms with van der Waals surface area (Å²) in [6, 6.07) is -0.00285. The highest BCUT2D eigenvalue weighted by Gasteiger charge is 2.22. The van der Waals surface area contributed by atoms with Crippen molar-refractivity contribution in [1.82, 2.24) is 5.32 Å². The maximum Gasteiger partial charge on any atom is 0.173 e. The first kappa shape index (κ1) is 11.1. The second-order valence-corrected chi connectivity index (χ2v) is 6.19. The molecule has 1 saturated heterocycles. The summed E-state index contributed by atoms with van der Waals surface area (Å²) in [6.45, 7) is 2.52. The Kier molecular flexibility index (Phi) is 3.43. The second-order valence-electron chi connectivity index (χ2n) is 4.26. The van der Waals surface area contributed by atoms with Crippen LogP contribution in [0, 0.1) is 5.92 Å². The molecule has 0 aromatic heterocycles. The summed E-state index contributed by atoms with van der Waals surface area (Å²) in [4.78, 5) is 0. The fraction of sp³-hybridized carbons (Fsp3) is 0.800.